The number of carbonyl (C=O) groups excluding carboxylic acids is 3. The van der Waals surface area contributed by atoms with Gasteiger partial charge in [0.25, 0.3) is 5.91 Å². The number of carbonyl (C=O) groups is 3. The molecule has 0 aliphatic carbocycles. The van der Waals surface area contributed by atoms with Crippen molar-refractivity contribution in [2.75, 3.05) is 46.9 Å². The van der Waals surface area contributed by atoms with Crippen molar-refractivity contribution in [3.8, 4) is 17.2 Å². The number of nitro groups is 1. The lowest BCUT2D eigenvalue weighted by molar-refractivity contribution is -0.385. The first kappa shape index (κ1) is 29.5. The maximum Gasteiger partial charge on any atom is 0.311 e. The fourth-order valence-electron chi connectivity index (χ4n) is 5.26. The number of ether oxygens (including phenoxy) is 2. The molecule has 1 unspecified atom stereocenters. The van der Waals surface area contributed by atoms with Crippen LogP contribution in [0.25, 0.3) is 0 Å². The molecule has 2 aliphatic rings. The highest BCUT2D eigenvalue weighted by Gasteiger charge is 2.30. The molecule has 0 radical (unpaired) electrons. The number of hydrogen-bond acceptors (Lipinski definition) is 8. The lowest BCUT2D eigenvalue weighted by Crippen LogP contribution is -2.56. The standard InChI is InChI=1S/C31H33N5O7/c1-33-20-29(37)32-26(31(39)35-14-12-34(13-15-35)19-21-6-9-24(42-2)10-7-21)17-22-4-3-5-25(16-22)43-28-18-23(30(33)38)8-11-27(28)36(40)41/h3-11,16,18,26H,12-15,17,19-20H2,1-2H3,(H,32,37). The fourth-order valence-corrected chi connectivity index (χ4v) is 5.26. The predicted octanol–water partition coefficient (Wildman–Crippen LogP) is 2.85. The largest absolute Gasteiger partial charge is 0.497 e. The molecule has 3 aromatic carbocycles. The van der Waals surface area contributed by atoms with E-state index in [0.717, 1.165) is 17.9 Å². The molecule has 0 spiro atoms. The Morgan fingerprint density at radius 2 is 1.79 bits per heavy atom. The van der Waals surface area contributed by atoms with Gasteiger partial charge >= 0.3 is 5.69 Å². The van der Waals surface area contributed by atoms with Crippen molar-refractivity contribution in [2.24, 2.45) is 0 Å². The van der Waals surface area contributed by atoms with Crippen molar-refractivity contribution in [3.05, 3.63) is 93.5 Å². The Morgan fingerprint density at radius 1 is 1.05 bits per heavy atom. The summed E-state index contributed by atoms with van der Waals surface area (Å²) in [6.07, 6.45) is 0.174. The number of rotatable bonds is 5. The molecule has 4 bridgehead atoms. The van der Waals surface area contributed by atoms with Crippen molar-refractivity contribution in [1.29, 1.82) is 0 Å². The van der Waals surface area contributed by atoms with Crippen LogP contribution in [0, 0.1) is 10.1 Å². The Hall–Kier alpha value is -4.97. The molecule has 1 saturated heterocycles. The molecule has 1 N–H and O–H groups in total. The van der Waals surface area contributed by atoms with Crippen molar-refractivity contribution < 1.29 is 28.8 Å². The number of nitrogens with zero attached hydrogens (tertiary/aromatic N) is 4. The van der Waals surface area contributed by atoms with E-state index in [1.54, 1.807) is 36.3 Å². The SMILES string of the molecule is COc1ccc(CN2CCN(C(=O)C3Cc4cccc(c4)Oc4cc(ccc4[N+](=O)[O-])C(=O)N(C)CC(=O)N3)CC2)cc1. The van der Waals surface area contributed by atoms with Gasteiger partial charge in [0.15, 0.2) is 0 Å². The molecule has 0 aromatic heterocycles. The maximum atomic E-state index is 13.8. The van der Waals surface area contributed by atoms with Crippen LogP contribution in [0.5, 0.6) is 17.2 Å². The van der Waals surface area contributed by atoms with Crippen molar-refractivity contribution in [1.82, 2.24) is 20.0 Å². The topological polar surface area (TPSA) is 135 Å². The third kappa shape index (κ3) is 7.09. The van der Waals surface area contributed by atoms with Crippen molar-refractivity contribution >= 4 is 23.4 Å². The highest BCUT2D eigenvalue weighted by atomic mass is 16.6. The molecule has 224 valence electrons. The molecule has 12 nitrogen and oxygen atoms in total. The monoisotopic (exact) mass is 587 g/mol. The lowest BCUT2D eigenvalue weighted by atomic mass is 10.0. The summed E-state index contributed by atoms with van der Waals surface area (Å²) in [6.45, 7) is 2.80. The van der Waals surface area contributed by atoms with Crippen LogP contribution < -0.4 is 14.8 Å². The van der Waals surface area contributed by atoms with E-state index < -0.39 is 22.8 Å². The van der Waals surface area contributed by atoms with Crippen molar-refractivity contribution in [3.63, 3.8) is 0 Å². The quantitative estimate of drug-likeness (QED) is 0.356. The number of amides is 3. The van der Waals surface area contributed by atoms with Gasteiger partial charge in [0.05, 0.1) is 18.6 Å². The summed E-state index contributed by atoms with van der Waals surface area (Å²) in [5.41, 5.74) is 1.68. The van der Waals surface area contributed by atoms with Crippen LogP contribution in [0.15, 0.2) is 66.7 Å². The van der Waals surface area contributed by atoms with E-state index in [-0.39, 0.29) is 35.9 Å². The summed E-state index contributed by atoms with van der Waals surface area (Å²) in [7, 11) is 3.09. The minimum atomic E-state index is -0.880. The third-order valence-electron chi connectivity index (χ3n) is 7.58. The molecule has 2 aliphatic heterocycles. The average molecular weight is 588 g/mol. The molecule has 3 aromatic rings. The van der Waals surface area contributed by atoms with Gasteiger partial charge in [-0.1, -0.05) is 24.3 Å². The van der Waals surface area contributed by atoms with Gasteiger partial charge in [0, 0.05) is 63.9 Å². The number of nitro benzene ring substituents is 1. The fraction of sp³-hybridized carbons (Fsp3) is 0.323. The van der Waals surface area contributed by atoms with Gasteiger partial charge in [-0.05, 0) is 41.5 Å². The molecule has 2 heterocycles. The Morgan fingerprint density at radius 3 is 2.49 bits per heavy atom. The minimum absolute atomic E-state index is 0.0944. The van der Waals surface area contributed by atoms with Gasteiger partial charge in [-0.25, -0.2) is 0 Å². The van der Waals surface area contributed by atoms with E-state index in [4.69, 9.17) is 9.47 Å². The van der Waals surface area contributed by atoms with Gasteiger partial charge in [0.1, 0.15) is 17.5 Å². The molecular weight excluding hydrogens is 554 g/mol. The number of likely N-dealkylation sites (N-methyl/N-ethyl adjacent to an activating group) is 1. The van der Waals surface area contributed by atoms with E-state index in [1.165, 1.54) is 30.1 Å². The van der Waals surface area contributed by atoms with Gasteiger partial charge < -0.3 is 24.6 Å². The summed E-state index contributed by atoms with van der Waals surface area (Å²) in [5, 5.41) is 14.5. The highest BCUT2D eigenvalue weighted by Crippen LogP contribution is 2.33. The normalized spacial score (nSPS) is 17.9. The molecule has 0 saturated carbocycles. The van der Waals surface area contributed by atoms with E-state index in [9.17, 15) is 24.5 Å². The zero-order chi connectivity index (χ0) is 30.5. The second kappa shape index (κ2) is 12.9. The number of benzene rings is 3. The Balaban J connectivity index is 1.34. The minimum Gasteiger partial charge on any atom is -0.497 e. The van der Waals surface area contributed by atoms with E-state index >= 15 is 0 Å². The van der Waals surface area contributed by atoms with E-state index in [1.807, 2.05) is 24.3 Å². The van der Waals surface area contributed by atoms with Gasteiger partial charge in [-0.3, -0.25) is 29.4 Å². The molecular formula is C31H33N5O7. The summed E-state index contributed by atoms with van der Waals surface area (Å²) in [5.74, 6) is -0.211. The molecule has 1 fully saturated rings. The first-order valence-electron chi connectivity index (χ1n) is 13.9. The molecule has 3 amide bonds. The van der Waals surface area contributed by atoms with E-state index in [2.05, 4.69) is 10.2 Å². The van der Waals surface area contributed by atoms with Crippen LogP contribution >= 0.6 is 0 Å². The number of piperazine rings is 1. The zero-order valence-corrected chi connectivity index (χ0v) is 24.0. The van der Waals surface area contributed by atoms with Crippen LogP contribution in [0.3, 0.4) is 0 Å². The molecule has 5 rings (SSSR count). The third-order valence-corrected chi connectivity index (χ3v) is 7.58. The van der Waals surface area contributed by atoms with Gasteiger partial charge in [-0.15, -0.1) is 0 Å². The number of nitrogens with one attached hydrogen (secondary N) is 1. The summed E-state index contributed by atoms with van der Waals surface area (Å²) >= 11 is 0. The lowest BCUT2D eigenvalue weighted by Gasteiger charge is -2.36. The first-order valence-corrected chi connectivity index (χ1v) is 13.9. The van der Waals surface area contributed by atoms with E-state index in [0.29, 0.717) is 37.5 Å². The summed E-state index contributed by atoms with van der Waals surface area (Å²) < 4.78 is 11.1. The maximum absolute atomic E-state index is 13.8. The van der Waals surface area contributed by atoms with Crippen LogP contribution in [0.2, 0.25) is 0 Å². The Bertz CT molecular complexity index is 1520. The average Bonchev–Trinajstić information content (AvgIpc) is 3.00. The second-order valence-electron chi connectivity index (χ2n) is 10.6. The van der Waals surface area contributed by atoms with Gasteiger partial charge in [0.2, 0.25) is 17.6 Å². The second-order valence-corrected chi connectivity index (χ2v) is 10.6. The van der Waals surface area contributed by atoms with Crippen LogP contribution in [0.1, 0.15) is 21.5 Å². The molecule has 12 heteroatoms. The number of methoxy groups -OCH3 is 1. The van der Waals surface area contributed by atoms with Crippen LogP contribution in [-0.4, -0.2) is 90.3 Å². The van der Waals surface area contributed by atoms with Crippen LogP contribution in [-0.2, 0) is 22.6 Å². The Labute approximate surface area is 248 Å². The summed E-state index contributed by atoms with van der Waals surface area (Å²) in [6, 6.07) is 17.7. The zero-order valence-electron chi connectivity index (χ0n) is 24.0. The smallest absolute Gasteiger partial charge is 0.311 e. The molecule has 43 heavy (non-hydrogen) atoms. The van der Waals surface area contributed by atoms with Gasteiger partial charge in [-0.2, -0.15) is 0 Å². The number of fused-ring (bicyclic) bond motifs is 4. The van der Waals surface area contributed by atoms with Crippen molar-refractivity contribution in [2.45, 2.75) is 19.0 Å². The molecule has 1 atom stereocenters. The predicted molar refractivity (Wildman–Crippen MR) is 157 cm³/mol. The summed E-state index contributed by atoms with van der Waals surface area (Å²) in [4.78, 5) is 56.2. The Kier molecular flexibility index (Phi) is 8.86. The first-order chi connectivity index (χ1) is 20.7. The van der Waals surface area contributed by atoms with Crippen LogP contribution in [0.4, 0.5) is 5.69 Å². The highest BCUT2D eigenvalue weighted by molar-refractivity contribution is 5.97. The number of hydrogen-bond donors (Lipinski definition) is 1.